The quantitative estimate of drug-likeness (QED) is 0.843. The number of benzene rings is 1. The molecule has 0 bridgehead atoms. The Morgan fingerprint density at radius 1 is 1.35 bits per heavy atom. The molecule has 1 aromatic carbocycles. The zero-order valence-electron chi connectivity index (χ0n) is 10.6. The average molecular weight is 234 g/mol. The summed E-state index contributed by atoms with van der Waals surface area (Å²) in [7, 11) is 0. The van der Waals surface area contributed by atoms with Crippen molar-refractivity contribution in [3.8, 4) is 0 Å². The van der Waals surface area contributed by atoms with Gasteiger partial charge in [0.25, 0.3) is 0 Å². The van der Waals surface area contributed by atoms with Gasteiger partial charge in [0, 0.05) is 25.7 Å². The van der Waals surface area contributed by atoms with E-state index in [0.29, 0.717) is 12.6 Å². The molecule has 0 aliphatic carbocycles. The van der Waals surface area contributed by atoms with E-state index in [2.05, 4.69) is 36.1 Å². The van der Waals surface area contributed by atoms with Gasteiger partial charge in [0.15, 0.2) is 0 Å². The zero-order chi connectivity index (χ0) is 12.1. The fraction of sp³-hybridized carbons (Fsp3) is 0.571. The average Bonchev–Trinajstić information content (AvgIpc) is 2.90. The summed E-state index contributed by atoms with van der Waals surface area (Å²) in [5.74, 6) is 0. The van der Waals surface area contributed by atoms with E-state index in [-0.39, 0.29) is 0 Å². The minimum Gasteiger partial charge on any atom is -0.380 e. The maximum absolute atomic E-state index is 5.78. The topological polar surface area (TPSA) is 38.5 Å². The molecule has 0 aromatic heterocycles. The zero-order valence-corrected chi connectivity index (χ0v) is 10.6. The van der Waals surface area contributed by atoms with Crippen LogP contribution in [0.4, 0.5) is 0 Å². The second-order valence-electron chi connectivity index (χ2n) is 4.55. The van der Waals surface area contributed by atoms with Gasteiger partial charge < -0.3 is 10.5 Å². The molecular weight excluding hydrogens is 212 g/mol. The summed E-state index contributed by atoms with van der Waals surface area (Å²) >= 11 is 0. The summed E-state index contributed by atoms with van der Waals surface area (Å²) in [6, 6.07) is 9.02. The van der Waals surface area contributed by atoms with Crippen LogP contribution in [0.5, 0.6) is 0 Å². The third kappa shape index (κ3) is 3.06. The Balaban J connectivity index is 2.06. The van der Waals surface area contributed by atoms with Crippen LogP contribution in [0.15, 0.2) is 24.3 Å². The van der Waals surface area contributed by atoms with Gasteiger partial charge in [0.1, 0.15) is 0 Å². The molecule has 0 saturated carbocycles. The fourth-order valence-corrected chi connectivity index (χ4v) is 2.44. The molecule has 17 heavy (non-hydrogen) atoms. The number of hydrogen-bond donors (Lipinski definition) is 1. The van der Waals surface area contributed by atoms with E-state index in [1.54, 1.807) is 0 Å². The largest absolute Gasteiger partial charge is 0.380 e. The van der Waals surface area contributed by atoms with Crippen molar-refractivity contribution in [3.63, 3.8) is 0 Å². The molecule has 0 spiro atoms. The van der Waals surface area contributed by atoms with Gasteiger partial charge in [0.05, 0.1) is 6.61 Å². The molecule has 0 radical (unpaired) electrons. The molecule has 1 atom stereocenters. The molecule has 1 aromatic rings. The molecular formula is C14H22N2O. The smallest absolute Gasteiger partial charge is 0.0622 e. The van der Waals surface area contributed by atoms with Crippen molar-refractivity contribution in [2.75, 3.05) is 19.8 Å². The number of ether oxygens (including phenoxy) is 1. The Labute approximate surface area is 104 Å². The monoisotopic (exact) mass is 234 g/mol. The van der Waals surface area contributed by atoms with E-state index < -0.39 is 0 Å². The number of nitrogens with zero attached hydrogens (tertiary/aromatic N) is 1. The van der Waals surface area contributed by atoms with Gasteiger partial charge in [-0.25, -0.2) is 0 Å². The van der Waals surface area contributed by atoms with Crippen molar-refractivity contribution in [1.82, 2.24) is 4.90 Å². The Morgan fingerprint density at radius 3 is 2.71 bits per heavy atom. The lowest BCUT2D eigenvalue weighted by atomic mass is 10.1. The fourth-order valence-electron chi connectivity index (χ4n) is 2.44. The maximum Gasteiger partial charge on any atom is 0.0622 e. The van der Waals surface area contributed by atoms with Gasteiger partial charge in [0.2, 0.25) is 0 Å². The van der Waals surface area contributed by atoms with Crippen molar-refractivity contribution >= 4 is 0 Å². The summed E-state index contributed by atoms with van der Waals surface area (Å²) in [6.07, 6.45) is 1.15. The number of hydrogen-bond acceptors (Lipinski definition) is 3. The molecule has 1 unspecified atom stereocenters. The minimum atomic E-state index is 0.575. The lowest BCUT2D eigenvalue weighted by Gasteiger charge is -2.27. The van der Waals surface area contributed by atoms with Crippen LogP contribution < -0.4 is 5.73 Å². The second kappa shape index (κ2) is 6.15. The highest BCUT2D eigenvalue weighted by atomic mass is 16.5. The van der Waals surface area contributed by atoms with Gasteiger partial charge in [-0.05, 0) is 24.1 Å². The highest BCUT2D eigenvalue weighted by Crippen LogP contribution is 2.17. The first kappa shape index (κ1) is 12.6. The van der Waals surface area contributed by atoms with Crippen molar-refractivity contribution in [3.05, 3.63) is 35.4 Å². The number of rotatable bonds is 5. The maximum atomic E-state index is 5.78. The normalized spacial score (nSPS) is 20.1. The summed E-state index contributed by atoms with van der Waals surface area (Å²) in [4.78, 5) is 2.49. The first-order chi connectivity index (χ1) is 8.35. The van der Waals surface area contributed by atoms with Gasteiger partial charge in [-0.2, -0.15) is 0 Å². The molecule has 0 amide bonds. The first-order valence-electron chi connectivity index (χ1n) is 6.43. The van der Waals surface area contributed by atoms with Crippen LogP contribution >= 0.6 is 0 Å². The molecule has 1 saturated heterocycles. The predicted octanol–water partition coefficient (Wildman–Crippen LogP) is 1.76. The van der Waals surface area contributed by atoms with E-state index in [1.165, 1.54) is 11.1 Å². The highest BCUT2D eigenvalue weighted by molar-refractivity contribution is 5.26. The Bertz CT molecular complexity index is 348. The molecule has 1 aliphatic rings. The molecule has 1 heterocycles. The van der Waals surface area contributed by atoms with E-state index in [9.17, 15) is 0 Å². The lowest BCUT2D eigenvalue weighted by molar-refractivity contribution is 0.143. The molecule has 2 rings (SSSR count). The summed E-state index contributed by atoms with van der Waals surface area (Å²) < 4.78 is 5.47. The second-order valence-corrected chi connectivity index (χ2v) is 4.55. The standard InChI is InChI=1S/C14H22N2O/c1-2-16(14-7-8-17-11-14)10-13-6-4-3-5-12(13)9-15/h3-6,14H,2,7-11,15H2,1H3. The summed E-state index contributed by atoms with van der Waals surface area (Å²) in [5.41, 5.74) is 8.38. The van der Waals surface area contributed by atoms with Crippen LogP contribution in [0.1, 0.15) is 24.5 Å². The third-order valence-corrected chi connectivity index (χ3v) is 3.54. The van der Waals surface area contributed by atoms with Crippen LogP contribution in [0.25, 0.3) is 0 Å². The molecule has 1 fully saturated rings. The van der Waals surface area contributed by atoms with Crippen molar-refractivity contribution in [2.45, 2.75) is 32.5 Å². The SMILES string of the molecule is CCN(Cc1ccccc1CN)C1CCOC1. The Hall–Kier alpha value is -0.900. The lowest BCUT2D eigenvalue weighted by Crippen LogP contribution is -2.35. The Morgan fingerprint density at radius 2 is 2.12 bits per heavy atom. The Kier molecular flexibility index (Phi) is 4.54. The minimum absolute atomic E-state index is 0.575. The van der Waals surface area contributed by atoms with Gasteiger partial charge in [-0.1, -0.05) is 31.2 Å². The van der Waals surface area contributed by atoms with Gasteiger partial charge in [-0.15, -0.1) is 0 Å². The molecule has 3 heteroatoms. The number of likely N-dealkylation sites (N-methyl/N-ethyl adjacent to an activating group) is 1. The van der Waals surface area contributed by atoms with Crippen LogP contribution in [-0.4, -0.2) is 30.7 Å². The van der Waals surface area contributed by atoms with E-state index in [4.69, 9.17) is 10.5 Å². The van der Waals surface area contributed by atoms with E-state index >= 15 is 0 Å². The van der Waals surface area contributed by atoms with Crippen LogP contribution in [-0.2, 0) is 17.8 Å². The van der Waals surface area contributed by atoms with Gasteiger partial charge in [-0.3, -0.25) is 4.90 Å². The highest BCUT2D eigenvalue weighted by Gasteiger charge is 2.22. The molecule has 3 nitrogen and oxygen atoms in total. The first-order valence-corrected chi connectivity index (χ1v) is 6.43. The molecule has 2 N–H and O–H groups in total. The molecule has 1 aliphatic heterocycles. The van der Waals surface area contributed by atoms with Crippen molar-refractivity contribution in [1.29, 1.82) is 0 Å². The third-order valence-electron chi connectivity index (χ3n) is 3.54. The van der Waals surface area contributed by atoms with Crippen LogP contribution in [0.2, 0.25) is 0 Å². The predicted molar refractivity (Wildman–Crippen MR) is 69.6 cm³/mol. The van der Waals surface area contributed by atoms with E-state index in [1.807, 2.05) is 0 Å². The molecule has 94 valence electrons. The van der Waals surface area contributed by atoms with Crippen LogP contribution in [0, 0.1) is 0 Å². The summed E-state index contributed by atoms with van der Waals surface area (Å²) in [5, 5.41) is 0. The van der Waals surface area contributed by atoms with Crippen molar-refractivity contribution < 1.29 is 4.74 Å². The van der Waals surface area contributed by atoms with Crippen molar-refractivity contribution in [2.24, 2.45) is 5.73 Å². The van der Waals surface area contributed by atoms with Gasteiger partial charge >= 0.3 is 0 Å². The van der Waals surface area contributed by atoms with E-state index in [0.717, 1.165) is 32.7 Å². The summed E-state index contributed by atoms with van der Waals surface area (Å²) in [6.45, 7) is 6.65. The number of nitrogens with two attached hydrogens (primary N) is 1. The van der Waals surface area contributed by atoms with Crippen LogP contribution in [0.3, 0.4) is 0 Å².